The van der Waals surface area contributed by atoms with E-state index in [4.69, 9.17) is 27.8 Å². The van der Waals surface area contributed by atoms with Gasteiger partial charge in [0.1, 0.15) is 5.75 Å². The lowest BCUT2D eigenvalue weighted by Crippen LogP contribution is -2.37. The van der Waals surface area contributed by atoms with Gasteiger partial charge in [-0.25, -0.2) is 0 Å². The molecule has 5 nitrogen and oxygen atoms in total. The fourth-order valence-corrected chi connectivity index (χ4v) is 2.20. The maximum atomic E-state index is 10.8. The lowest BCUT2D eigenvalue weighted by atomic mass is 10.1. The van der Waals surface area contributed by atoms with Crippen molar-refractivity contribution in [2.75, 3.05) is 20.2 Å². The third-order valence-corrected chi connectivity index (χ3v) is 2.80. The first-order valence-corrected chi connectivity index (χ1v) is 6.30. The van der Waals surface area contributed by atoms with Gasteiger partial charge in [-0.05, 0) is 31.7 Å². The van der Waals surface area contributed by atoms with E-state index in [0.29, 0.717) is 12.4 Å². The van der Waals surface area contributed by atoms with Crippen molar-refractivity contribution in [2.24, 2.45) is 5.73 Å². The Morgan fingerprint density at radius 2 is 2.26 bits per heavy atom. The number of hydrogen-bond donors (Lipinski definition) is 2. The normalized spacial score (nSPS) is 12.2. The number of benzene rings is 1. The highest BCUT2D eigenvalue weighted by atomic mass is 32.1. The van der Waals surface area contributed by atoms with Crippen LogP contribution in [0.5, 0.6) is 5.75 Å². The molecular formula is C13H18N2O3S. The van der Waals surface area contributed by atoms with Crippen molar-refractivity contribution in [3.63, 3.8) is 0 Å². The van der Waals surface area contributed by atoms with Crippen LogP contribution in [0.1, 0.15) is 18.5 Å². The van der Waals surface area contributed by atoms with Crippen molar-refractivity contribution in [3.8, 4) is 5.75 Å². The average molecular weight is 282 g/mol. The molecular weight excluding hydrogens is 264 g/mol. The number of hydrogen-bond acceptors (Lipinski definition) is 4. The second-order valence-electron chi connectivity index (χ2n) is 4.12. The number of carboxylic acid groups (broad SMARTS) is 1. The summed E-state index contributed by atoms with van der Waals surface area (Å²) in [6.45, 7) is 2.32. The van der Waals surface area contributed by atoms with Crippen molar-refractivity contribution in [2.45, 2.75) is 13.0 Å². The van der Waals surface area contributed by atoms with E-state index in [1.807, 2.05) is 31.2 Å². The first-order valence-electron chi connectivity index (χ1n) is 5.89. The monoisotopic (exact) mass is 282 g/mol. The van der Waals surface area contributed by atoms with E-state index in [-0.39, 0.29) is 11.5 Å². The van der Waals surface area contributed by atoms with Gasteiger partial charge in [0.05, 0.1) is 24.2 Å². The Kier molecular flexibility index (Phi) is 5.72. The molecule has 6 heteroatoms. The van der Waals surface area contributed by atoms with Gasteiger partial charge in [0.25, 0.3) is 0 Å². The van der Waals surface area contributed by atoms with E-state index in [1.54, 1.807) is 11.9 Å². The summed E-state index contributed by atoms with van der Waals surface area (Å²) in [5, 5.41) is 8.85. The number of nitrogens with zero attached hydrogens (tertiary/aromatic N) is 1. The summed E-state index contributed by atoms with van der Waals surface area (Å²) in [5.74, 6) is -0.213. The van der Waals surface area contributed by atoms with Crippen LogP contribution in [-0.2, 0) is 4.79 Å². The Morgan fingerprint density at radius 3 is 2.79 bits per heavy atom. The highest BCUT2D eigenvalue weighted by Gasteiger charge is 2.22. The number of nitrogens with two attached hydrogens (primary N) is 1. The summed E-state index contributed by atoms with van der Waals surface area (Å²) in [6, 6.07) is 6.92. The van der Waals surface area contributed by atoms with Gasteiger partial charge in [-0.1, -0.05) is 24.4 Å². The summed E-state index contributed by atoms with van der Waals surface area (Å²) in [7, 11) is 1.67. The smallest absolute Gasteiger partial charge is 0.317 e. The third-order valence-electron chi connectivity index (χ3n) is 2.58. The molecule has 0 saturated carbocycles. The Labute approximate surface area is 118 Å². The van der Waals surface area contributed by atoms with E-state index in [0.717, 1.165) is 5.56 Å². The van der Waals surface area contributed by atoms with Gasteiger partial charge in [-0.15, -0.1) is 0 Å². The molecule has 1 aromatic rings. The molecule has 0 fully saturated rings. The van der Waals surface area contributed by atoms with E-state index in [9.17, 15) is 4.79 Å². The molecule has 0 aliphatic carbocycles. The van der Waals surface area contributed by atoms with Crippen LogP contribution in [0.4, 0.5) is 0 Å². The minimum absolute atomic E-state index is 0.138. The van der Waals surface area contributed by atoms with Gasteiger partial charge in [0.15, 0.2) is 0 Å². The molecule has 19 heavy (non-hydrogen) atoms. The largest absolute Gasteiger partial charge is 0.494 e. The quantitative estimate of drug-likeness (QED) is 0.737. The van der Waals surface area contributed by atoms with Crippen LogP contribution in [0, 0.1) is 0 Å². The number of carbonyl (C=O) groups is 1. The minimum atomic E-state index is -0.926. The van der Waals surface area contributed by atoms with Crippen molar-refractivity contribution in [3.05, 3.63) is 29.8 Å². The molecule has 1 aromatic carbocycles. The summed E-state index contributed by atoms with van der Waals surface area (Å²) in [5.41, 5.74) is 6.55. The summed E-state index contributed by atoms with van der Waals surface area (Å²) < 4.78 is 5.42. The molecule has 0 heterocycles. The van der Waals surface area contributed by atoms with Gasteiger partial charge < -0.3 is 15.6 Å². The van der Waals surface area contributed by atoms with Crippen LogP contribution in [0.15, 0.2) is 24.3 Å². The second kappa shape index (κ2) is 7.06. The second-order valence-corrected chi connectivity index (χ2v) is 4.59. The SMILES string of the molecule is CCOc1cccc(C(C(N)=S)N(C)CC(=O)O)c1. The van der Waals surface area contributed by atoms with E-state index >= 15 is 0 Å². The van der Waals surface area contributed by atoms with Crippen LogP contribution in [0.25, 0.3) is 0 Å². The molecule has 3 N–H and O–H groups in total. The predicted octanol–water partition coefficient (Wildman–Crippen LogP) is 1.43. The minimum Gasteiger partial charge on any atom is -0.494 e. The number of ether oxygens (including phenoxy) is 1. The molecule has 0 aliphatic heterocycles. The topological polar surface area (TPSA) is 75.8 Å². The maximum absolute atomic E-state index is 10.8. The van der Waals surface area contributed by atoms with E-state index in [1.165, 1.54) is 0 Å². The zero-order valence-corrected chi connectivity index (χ0v) is 11.8. The molecule has 1 unspecified atom stereocenters. The predicted molar refractivity (Wildman–Crippen MR) is 77.4 cm³/mol. The fraction of sp³-hybridized carbons (Fsp3) is 0.385. The molecule has 0 aliphatic rings. The molecule has 104 valence electrons. The van der Waals surface area contributed by atoms with Gasteiger partial charge in [-0.3, -0.25) is 9.69 Å². The van der Waals surface area contributed by atoms with Crippen LogP contribution in [-0.4, -0.2) is 41.2 Å². The Bertz CT molecular complexity index is 465. The number of rotatable bonds is 7. The summed E-state index contributed by atoms with van der Waals surface area (Å²) in [4.78, 5) is 12.6. The van der Waals surface area contributed by atoms with Crippen molar-refractivity contribution >= 4 is 23.2 Å². The molecule has 0 saturated heterocycles. The first-order chi connectivity index (χ1) is 8.95. The Balaban J connectivity index is 3.01. The third kappa shape index (κ3) is 4.50. The number of thiocarbonyl (C=S) groups is 1. The van der Waals surface area contributed by atoms with Gasteiger partial charge in [0.2, 0.25) is 0 Å². The molecule has 0 spiro atoms. The van der Waals surface area contributed by atoms with E-state index < -0.39 is 12.0 Å². The average Bonchev–Trinajstić information content (AvgIpc) is 2.28. The number of aliphatic carboxylic acids is 1. The van der Waals surface area contributed by atoms with Crippen molar-refractivity contribution in [1.82, 2.24) is 4.90 Å². The zero-order chi connectivity index (χ0) is 14.4. The molecule has 0 radical (unpaired) electrons. The lowest BCUT2D eigenvalue weighted by molar-refractivity contribution is -0.138. The number of likely N-dealkylation sites (N-methyl/N-ethyl adjacent to an activating group) is 1. The Morgan fingerprint density at radius 1 is 1.58 bits per heavy atom. The zero-order valence-electron chi connectivity index (χ0n) is 11.0. The Hall–Kier alpha value is -1.66. The fourth-order valence-electron chi connectivity index (χ4n) is 1.88. The van der Waals surface area contributed by atoms with Gasteiger partial charge >= 0.3 is 5.97 Å². The van der Waals surface area contributed by atoms with Crippen LogP contribution < -0.4 is 10.5 Å². The molecule has 0 bridgehead atoms. The highest BCUT2D eigenvalue weighted by molar-refractivity contribution is 7.80. The molecule has 1 rings (SSSR count). The van der Waals surface area contributed by atoms with Gasteiger partial charge in [0, 0.05) is 0 Å². The van der Waals surface area contributed by atoms with Crippen molar-refractivity contribution in [1.29, 1.82) is 0 Å². The standard InChI is InChI=1S/C13H18N2O3S/c1-3-18-10-6-4-5-9(7-10)12(13(14)19)15(2)8-11(16)17/h4-7,12H,3,8H2,1-2H3,(H2,14,19)(H,16,17). The van der Waals surface area contributed by atoms with Crippen LogP contribution >= 0.6 is 12.2 Å². The van der Waals surface area contributed by atoms with Crippen molar-refractivity contribution < 1.29 is 14.6 Å². The van der Waals surface area contributed by atoms with Crippen LogP contribution in [0.3, 0.4) is 0 Å². The van der Waals surface area contributed by atoms with Gasteiger partial charge in [-0.2, -0.15) is 0 Å². The summed E-state index contributed by atoms with van der Waals surface area (Å²) >= 11 is 5.04. The number of carboxylic acids is 1. The summed E-state index contributed by atoms with van der Waals surface area (Å²) in [6.07, 6.45) is 0. The maximum Gasteiger partial charge on any atom is 0.317 e. The lowest BCUT2D eigenvalue weighted by Gasteiger charge is -2.26. The molecule has 0 amide bonds. The van der Waals surface area contributed by atoms with E-state index in [2.05, 4.69) is 0 Å². The van der Waals surface area contributed by atoms with Crippen LogP contribution in [0.2, 0.25) is 0 Å². The molecule has 1 atom stereocenters. The molecule has 0 aromatic heterocycles. The first kappa shape index (κ1) is 15.4. The highest BCUT2D eigenvalue weighted by Crippen LogP contribution is 2.23.